The second kappa shape index (κ2) is 15.4. The van der Waals surface area contributed by atoms with Gasteiger partial charge >= 0.3 is 0 Å². The Morgan fingerprint density at radius 1 is 0.750 bits per heavy atom. The van der Waals surface area contributed by atoms with Gasteiger partial charge in [-0.05, 0) is 56.4 Å². The fourth-order valence-electron chi connectivity index (χ4n) is 6.05. The van der Waals surface area contributed by atoms with E-state index in [1.54, 1.807) is 0 Å². The Balaban J connectivity index is 1.62. The highest BCUT2D eigenvalue weighted by atomic mass is 16.2. The number of piperidine rings is 1. The van der Waals surface area contributed by atoms with Gasteiger partial charge in [-0.15, -0.1) is 0 Å². The van der Waals surface area contributed by atoms with Crippen molar-refractivity contribution in [1.29, 1.82) is 0 Å². The lowest BCUT2D eigenvalue weighted by Gasteiger charge is -2.54. The number of rotatable bonds is 17. The first-order valence-corrected chi connectivity index (χ1v) is 14.5. The van der Waals surface area contributed by atoms with Crippen LogP contribution in [0.1, 0.15) is 130 Å². The highest BCUT2D eigenvalue weighted by molar-refractivity contribution is 5.79. The van der Waals surface area contributed by atoms with Crippen LogP contribution in [0.5, 0.6) is 0 Å². The van der Waals surface area contributed by atoms with Crippen LogP contribution in [-0.4, -0.2) is 48.4 Å². The fourth-order valence-corrected chi connectivity index (χ4v) is 6.05. The van der Waals surface area contributed by atoms with Crippen molar-refractivity contribution in [2.24, 2.45) is 17.3 Å². The molecular weight excluding hydrogens is 392 g/mol. The van der Waals surface area contributed by atoms with Gasteiger partial charge in [0.1, 0.15) is 0 Å². The molecule has 2 aliphatic rings. The Bertz CT molecular complexity index is 489. The molecule has 2 aliphatic heterocycles. The van der Waals surface area contributed by atoms with Gasteiger partial charge < -0.3 is 9.80 Å². The third kappa shape index (κ3) is 9.35. The van der Waals surface area contributed by atoms with Crippen molar-refractivity contribution in [1.82, 2.24) is 9.80 Å². The van der Waals surface area contributed by atoms with Crippen LogP contribution in [0.25, 0.3) is 0 Å². The highest BCUT2D eigenvalue weighted by Crippen LogP contribution is 2.41. The number of amides is 1. The zero-order chi connectivity index (χ0) is 23.2. The highest BCUT2D eigenvalue weighted by Gasteiger charge is 2.45. The van der Waals surface area contributed by atoms with Gasteiger partial charge in [0.2, 0.25) is 5.91 Å². The molecule has 1 amide bonds. The molecule has 0 radical (unpaired) electrons. The maximum absolute atomic E-state index is 13.2. The molecule has 2 atom stereocenters. The first-order valence-electron chi connectivity index (χ1n) is 14.5. The zero-order valence-corrected chi connectivity index (χ0v) is 22.3. The molecule has 0 aromatic heterocycles. The largest absolute Gasteiger partial charge is 0.342 e. The minimum atomic E-state index is 0.289. The van der Waals surface area contributed by atoms with E-state index in [4.69, 9.17) is 0 Å². The summed E-state index contributed by atoms with van der Waals surface area (Å²) in [5, 5.41) is 0. The second-order valence-electron chi connectivity index (χ2n) is 11.5. The van der Waals surface area contributed by atoms with Gasteiger partial charge in [0.05, 0.1) is 0 Å². The van der Waals surface area contributed by atoms with Crippen molar-refractivity contribution in [3.8, 4) is 0 Å². The van der Waals surface area contributed by atoms with E-state index >= 15 is 0 Å². The molecule has 2 saturated heterocycles. The van der Waals surface area contributed by atoms with Crippen LogP contribution in [0.3, 0.4) is 0 Å². The predicted octanol–water partition coefficient (Wildman–Crippen LogP) is 7.68. The van der Waals surface area contributed by atoms with Gasteiger partial charge in [-0.3, -0.25) is 4.79 Å². The van der Waals surface area contributed by atoms with E-state index in [0.29, 0.717) is 11.3 Å². The van der Waals surface area contributed by atoms with E-state index in [0.717, 1.165) is 31.8 Å². The van der Waals surface area contributed by atoms with E-state index in [-0.39, 0.29) is 5.92 Å². The minimum Gasteiger partial charge on any atom is -0.342 e. The second-order valence-corrected chi connectivity index (χ2v) is 11.5. The van der Waals surface area contributed by atoms with Crippen LogP contribution in [0.2, 0.25) is 0 Å². The average Bonchev–Trinajstić information content (AvgIpc) is 2.78. The topological polar surface area (TPSA) is 23.6 Å². The number of hydrogen-bond acceptors (Lipinski definition) is 2. The molecule has 32 heavy (non-hydrogen) atoms. The molecule has 0 saturated carbocycles. The Morgan fingerprint density at radius 2 is 1.31 bits per heavy atom. The van der Waals surface area contributed by atoms with Crippen LogP contribution < -0.4 is 0 Å². The summed E-state index contributed by atoms with van der Waals surface area (Å²) in [5.41, 5.74) is 0.531. The van der Waals surface area contributed by atoms with Crippen molar-refractivity contribution < 1.29 is 4.79 Å². The summed E-state index contributed by atoms with van der Waals surface area (Å²) in [4.78, 5) is 18.1. The Morgan fingerprint density at radius 3 is 1.97 bits per heavy atom. The Kier molecular flexibility index (Phi) is 13.3. The van der Waals surface area contributed by atoms with E-state index < -0.39 is 0 Å². The first-order chi connectivity index (χ1) is 15.5. The number of hydrogen-bond donors (Lipinski definition) is 0. The van der Waals surface area contributed by atoms with Gasteiger partial charge in [-0.25, -0.2) is 0 Å². The minimum absolute atomic E-state index is 0.289. The molecule has 2 fully saturated rings. The van der Waals surface area contributed by atoms with Gasteiger partial charge in [-0.1, -0.05) is 91.9 Å². The summed E-state index contributed by atoms with van der Waals surface area (Å²) in [6, 6.07) is 0. The quantitative estimate of drug-likeness (QED) is 0.213. The predicted molar refractivity (Wildman–Crippen MR) is 139 cm³/mol. The van der Waals surface area contributed by atoms with Crippen LogP contribution in [0, 0.1) is 17.3 Å². The number of unbranched alkanes of at least 4 members (excludes halogenated alkanes) is 6. The smallest absolute Gasteiger partial charge is 0.225 e. The van der Waals surface area contributed by atoms with Crippen LogP contribution in [0.15, 0.2) is 0 Å². The lowest BCUT2D eigenvalue weighted by atomic mass is 9.71. The van der Waals surface area contributed by atoms with E-state index in [2.05, 4.69) is 37.5 Å². The first kappa shape index (κ1) is 27.7. The van der Waals surface area contributed by atoms with E-state index in [1.165, 1.54) is 110 Å². The van der Waals surface area contributed by atoms with E-state index in [1.807, 2.05) is 0 Å². The van der Waals surface area contributed by atoms with Crippen molar-refractivity contribution in [2.45, 2.75) is 130 Å². The lowest BCUT2D eigenvalue weighted by Crippen LogP contribution is -2.61. The molecule has 0 bridgehead atoms. The normalized spacial score (nSPS) is 20.3. The van der Waals surface area contributed by atoms with Crippen LogP contribution >= 0.6 is 0 Å². The molecule has 1 spiro atoms. The molecule has 2 rings (SSSR count). The SMILES string of the molecule is CCCCCCC(C)CCCN1CC2(CCN(C(=O)C(CCCC)CCCCC)CC2)C1. The molecular formula is C29H56N2O. The van der Waals surface area contributed by atoms with Crippen molar-refractivity contribution >= 4 is 5.91 Å². The Hall–Kier alpha value is -0.570. The summed E-state index contributed by atoms with van der Waals surface area (Å²) in [6.45, 7) is 15.1. The van der Waals surface area contributed by atoms with Crippen molar-refractivity contribution in [3.63, 3.8) is 0 Å². The van der Waals surface area contributed by atoms with E-state index in [9.17, 15) is 4.79 Å². The molecule has 0 aliphatic carbocycles. The average molecular weight is 449 g/mol. The van der Waals surface area contributed by atoms with Crippen LogP contribution in [-0.2, 0) is 4.79 Å². The number of nitrogens with zero attached hydrogens (tertiary/aromatic N) is 2. The number of carbonyl (C=O) groups is 1. The summed E-state index contributed by atoms with van der Waals surface area (Å²) in [7, 11) is 0. The number of likely N-dealkylation sites (tertiary alicyclic amines) is 2. The molecule has 2 unspecified atom stereocenters. The van der Waals surface area contributed by atoms with Crippen molar-refractivity contribution in [2.75, 3.05) is 32.7 Å². The van der Waals surface area contributed by atoms with Gasteiger partial charge in [0, 0.05) is 32.1 Å². The summed E-state index contributed by atoms with van der Waals surface area (Å²) in [6.07, 6.45) is 20.6. The standard InChI is InChI=1S/C29H56N2O/c1-5-8-11-13-15-26(4)16-14-21-30-24-29(25-30)19-22-31(23-20-29)28(32)27(17-10-7-3)18-12-9-6-2/h26-27H,5-25H2,1-4H3. The molecule has 0 aromatic carbocycles. The summed E-state index contributed by atoms with van der Waals surface area (Å²) >= 11 is 0. The molecule has 188 valence electrons. The maximum Gasteiger partial charge on any atom is 0.225 e. The molecule has 3 nitrogen and oxygen atoms in total. The van der Waals surface area contributed by atoms with Gasteiger partial charge in [0.25, 0.3) is 0 Å². The maximum atomic E-state index is 13.2. The number of carbonyl (C=O) groups excluding carboxylic acids is 1. The third-order valence-corrected chi connectivity index (χ3v) is 8.39. The third-order valence-electron chi connectivity index (χ3n) is 8.39. The monoisotopic (exact) mass is 448 g/mol. The van der Waals surface area contributed by atoms with Gasteiger partial charge in [-0.2, -0.15) is 0 Å². The van der Waals surface area contributed by atoms with Crippen LogP contribution in [0.4, 0.5) is 0 Å². The van der Waals surface area contributed by atoms with Crippen molar-refractivity contribution in [3.05, 3.63) is 0 Å². The summed E-state index contributed by atoms with van der Waals surface area (Å²) < 4.78 is 0. The lowest BCUT2D eigenvalue weighted by molar-refractivity contribution is -0.141. The molecule has 0 aromatic rings. The Labute approximate surface area is 201 Å². The molecule has 0 N–H and O–H groups in total. The summed E-state index contributed by atoms with van der Waals surface area (Å²) in [5.74, 6) is 1.67. The fraction of sp³-hybridized carbons (Fsp3) is 0.966. The van der Waals surface area contributed by atoms with Gasteiger partial charge in [0.15, 0.2) is 0 Å². The molecule has 2 heterocycles. The zero-order valence-electron chi connectivity index (χ0n) is 22.3. The molecule has 3 heteroatoms.